The van der Waals surface area contributed by atoms with Gasteiger partial charge in [0.05, 0.1) is 29.1 Å². The molecule has 7 aromatic rings. The van der Waals surface area contributed by atoms with Gasteiger partial charge in [-0.05, 0) is 98.5 Å². The van der Waals surface area contributed by atoms with Crippen molar-refractivity contribution in [2.24, 2.45) is 5.92 Å². The van der Waals surface area contributed by atoms with Crippen molar-refractivity contribution in [2.75, 3.05) is 31.5 Å². The molecule has 2 aliphatic heterocycles. The fraction of sp³-hybridized carbons (Fsp3) is 0.275. The van der Waals surface area contributed by atoms with Crippen LogP contribution in [0.3, 0.4) is 0 Å². The molecular formula is C51H52N8O11S4. The van der Waals surface area contributed by atoms with Gasteiger partial charge in [0, 0.05) is 88.6 Å². The van der Waals surface area contributed by atoms with Crippen molar-refractivity contribution in [3.05, 3.63) is 187 Å². The molecule has 0 radical (unpaired) electrons. The zero-order valence-electron chi connectivity index (χ0n) is 39.8. The van der Waals surface area contributed by atoms with Gasteiger partial charge in [0.25, 0.3) is 43.2 Å². The quantitative estimate of drug-likeness (QED) is 0.0536. The van der Waals surface area contributed by atoms with E-state index in [2.05, 4.69) is 33.1 Å². The number of aryl methyl sites for hydroxylation is 1. The van der Waals surface area contributed by atoms with Gasteiger partial charge in [-0.1, -0.05) is 54.6 Å². The molecule has 2 amide bonds. The zero-order chi connectivity index (χ0) is 52.2. The van der Waals surface area contributed by atoms with Crippen LogP contribution in [0.1, 0.15) is 68.1 Å². The molecule has 19 nitrogen and oxygen atoms in total. The van der Waals surface area contributed by atoms with Crippen LogP contribution in [-0.4, -0.2) is 84.3 Å². The van der Waals surface area contributed by atoms with Crippen molar-refractivity contribution in [1.29, 1.82) is 0 Å². The molecule has 0 saturated carbocycles. The molecule has 386 valence electrons. The fourth-order valence-corrected chi connectivity index (χ4v) is 14.4. The third-order valence-electron chi connectivity index (χ3n) is 12.6. The van der Waals surface area contributed by atoms with E-state index in [9.17, 15) is 46.7 Å². The molecular weight excluding hydrogens is 1030 g/mol. The van der Waals surface area contributed by atoms with Gasteiger partial charge < -0.3 is 20.4 Å². The van der Waals surface area contributed by atoms with Crippen molar-refractivity contribution in [1.82, 2.24) is 24.2 Å². The molecule has 5 heterocycles. The summed E-state index contributed by atoms with van der Waals surface area (Å²) in [6, 6.07) is 35.7. The summed E-state index contributed by atoms with van der Waals surface area (Å²) in [5.41, 5.74) is 3.16. The van der Waals surface area contributed by atoms with Crippen molar-refractivity contribution in [3.63, 3.8) is 0 Å². The molecule has 3 N–H and O–H groups in total. The minimum absolute atomic E-state index is 0.112. The molecule has 2 saturated heterocycles. The Labute approximate surface area is 435 Å². The van der Waals surface area contributed by atoms with E-state index in [0.29, 0.717) is 60.5 Å². The lowest BCUT2D eigenvalue weighted by Crippen LogP contribution is -2.42. The number of piperidine rings is 2. The molecule has 0 spiro atoms. The molecule has 23 heteroatoms. The summed E-state index contributed by atoms with van der Waals surface area (Å²) < 4.78 is 61.7. The number of non-ortho nitro benzene ring substituents is 2. The van der Waals surface area contributed by atoms with E-state index in [1.807, 2.05) is 42.5 Å². The van der Waals surface area contributed by atoms with E-state index in [1.165, 1.54) is 64.8 Å². The van der Waals surface area contributed by atoms with Crippen molar-refractivity contribution in [2.45, 2.75) is 66.1 Å². The molecule has 0 bridgehead atoms. The van der Waals surface area contributed by atoms with Crippen LogP contribution >= 0.6 is 22.7 Å². The Morgan fingerprint density at radius 1 is 0.649 bits per heavy atom. The van der Waals surface area contributed by atoms with Gasteiger partial charge in [0.2, 0.25) is 0 Å². The molecule has 0 atom stereocenters. The van der Waals surface area contributed by atoms with Crippen LogP contribution in [0.15, 0.2) is 153 Å². The van der Waals surface area contributed by atoms with Crippen LogP contribution in [0.2, 0.25) is 0 Å². The smallest absolute Gasteiger partial charge is 0.270 e. The lowest BCUT2D eigenvalue weighted by atomic mass is 9.91. The van der Waals surface area contributed by atoms with Crippen LogP contribution in [0.5, 0.6) is 0 Å². The number of thiophene rings is 2. The molecule has 2 aliphatic rings. The van der Waals surface area contributed by atoms with E-state index in [1.54, 1.807) is 34.8 Å². The average Bonchev–Trinajstić information content (AvgIpc) is 4.25. The average molecular weight is 1080 g/mol. The van der Waals surface area contributed by atoms with E-state index in [4.69, 9.17) is 4.42 Å². The summed E-state index contributed by atoms with van der Waals surface area (Å²) in [5.74, 6) is 0.268. The van der Waals surface area contributed by atoms with Crippen molar-refractivity contribution < 1.29 is 40.7 Å². The number of hydrogen-bond acceptors (Lipinski definition) is 15. The summed E-state index contributed by atoms with van der Waals surface area (Å²) in [6.45, 7) is 2.05. The number of nitro groups is 2. The van der Waals surface area contributed by atoms with Crippen LogP contribution in [-0.2, 0) is 39.6 Å². The third-order valence-corrected chi connectivity index (χ3v) is 19.5. The first-order chi connectivity index (χ1) is 35.6. The predicted molar refractivity (Wildman–Crippen MR) is 281 cm³/mol. The van der Waals surface area contributed by atoms with Gasteiger partial charge in [-0.15, -0.1) is 22.7 Å². The molecule has 74 heavy (non-hydrogen) atoms. The maximum Gasteiger partial charge on any atom is 0.270 e. The van der Waals surface area contributed by atoms with E-state index in [-0.39, 0.29) is 50.1 Å². The molecule has 0 unspecified atom stereocenters. The first kappa shape index (κ1) is 53.2. The summed E-state index contributed by atoms with van der Waals surface area (Å²) in [6.07, 6.45) is 8.13. The van der Waals surface area contributed by atoms with Gasteiger partial charge in [-0.3, -0.25) is 29.8 Å². The normalized spacial score (nSPS) is 14.9. The number of carbonyl (C=O) groups is 2. The van der Waals surface area contributed by atoms with E-state index < -0.39 is 41.7 Å². The van der Waals surface area contributed by atoms with Gasteiger partial charge in [-0.25, -0.2) is 21.8 Å². The number of amides is 2. The number of nitro benzene ring substituents is 2. The topological polar surface area (TPSA) is 257 Å². The van der Waals surface area contributed by atoms with Gasteiger partial charge in [0.1, 0.15) is 8.42 Å². The highest BCUT2D eigenvalue weighted by atomic mass is 32.3. The van der Waals surface area contributed by atoms with Gasteiger partial charge >= 0.3 is 0 Å². The number of anilines is 1. The van der Waals surface area contributed by atoms with E-state index >= 15 is 0 Å². The standard InChI is InChI=1S/C26H25N5O6S2.C25H27N3O5S2/c32-26(19-4-2-6-22(14-19)31(33)34)28-15-23-7-8-25(38-23)39(35,36)30-11-9-20(10-12-30)29-21-5-1-3-18(13-21)24-16-27-17-37-24;29-25(21-7-4-8-22(17-21)28(30)31)26-18-23-11-12-24(34-23)35(32,33)27-15-13-20(14-16-27)10-9-19-5-2-1-3-6-19/h1-8,13-14,16-17,20,29H,9-12,15H2,(H,28,32);1-8,11-12,17,20H,9-10,13-16,18H2,(H,26,29). The summed E-state index contributed by atoms with van der Waals surface area (Å²) in [4.78, 5) is 50.8. The van der Waals surface area contributed by atoms with E-state index in [0.717, 1.165) is 59.6 Å². The minimum Gasteiger partial charge on any atom is -0.444 e. The van der Waals surface area contributed by atoms with Crippen LogP contribution in [0, 0.1) is 26.1 Å². The van der Waals surface area contributed by atoms with Crippen LogP contribution < -0.4 is 16.0 Å². The number of nitrogens with one attached hydrogen (secondary N) is 3. The largest absolute Gasteiger partial charge is 0.444 e. The van der Waals surface area contributed by atoms with Crippen molar-refractivity contribution >= 4 is 71.6 Å². The number of hydrogen-bond donors (Lipinski definition) is 3. The number of carbonyl (C=O) groups excluding carboxylic acids is 2. The minimum atomic E-state index is -3.66. The predicted octanol–water partition coefficient (Wildman–Crippen LogP) is 9.13. The molecule has 3 aromatic heterocycles. The Morgan fingerprint density at radius 3 is 1.69 bits per heavy atom. The lowest BCUT2D eigenvalue weighted by Gasteiger charge is -2.31. The number of rotatable bonds is 18. The van der Waals surface area contributed by atoms with Crippen molar-refractivity contribution in [3.8, 4) is 11.3 Å². The maximum atomic E-state index is 13.3. The molecule has 2 fully saturated rings. The number of sulfonamides is 2. The number of aromatic nitrogens is 1. The second-order valence-corrected chi connectivity index (χ2v) is 24.2. The Morgan fingerprint density at radius 2 is 1.18 bits per heavy atom. The first-order valence-electron chi connectivity index (χ1n) is 23.6. The highest BCUT2D eigenvalue weighted by Crippen LogP contribution is 2.32. The van der Waals surface area contributed by atoms with Crippen LogP contribution in [0.25, 0.3) is 11.3 Å². The Bertz CT molecular complexity index is 3300. The number of nitrogens with zero attached hydrogens (tertiary/aromatic N) is 5. The maximum absolute atomic E-state index is 13.3. The second kappa shape index (κ2) is 24.3. The van der Waals surface area contributed by atoms with Gasteiger partial charge in [0.15, 0.2) is 12.2 Å². The molecule has 9 rings (SSSR count). The summed E-state index contributed by atoms with van der Waals surface area (Å²) >= 11 is 2.23. The second-order valence-electron chi connectivity index (χ2n) is 17.6. The lowest BCUT2D eigenvalue weighted by molar-refractivity contribution is -0.385. The Hall–Kier alpha value is -7.15. The number of oxazole rings is 1. The highest BCUT2D eigenvalue weighted by Gasteiger charge is 2.32. The highest BCUT2D eigenvalue weighted by molar-refractivity contribution is 7.91. The summed E-state index contributed by atoms with van der Waals surface area (Å²) in [7, 11) is -7.24. The Balaban J connectivity index is 0.000000198. The number of benzene rings is 4. The Kier molecular flexibility index (Phi) is 17.4. The van der Waals surface area contributed by atoms with Gasteiger partial charge in [-0.2, -0.15) is 8.61 Å². The van der Waals surface area contributed by atoms with Crippen LogP contribution in [0.4, 0.5) is 17.1 Å². The molecule has 0 aliphatic carbocycles. The zero-order valence-corrected chi connectivity index (χ0v) is 43.0. The fourth-order valence-electron chi connectivity index (χ4n) is 8.55. The third kappa shape index (κ3) is 13.7. The SMILES string of the molecule is O=C(NCc1ccc(S(=O)(=O)N2CCC(CCc3ccccc3)CC2)s1)c1cccc([N+](=O)[O-])c1.O=C(NCc1ccc(S(=O)(=O)N2CCC(Nc3cccc(-c4cnco4)c3)CC2)s1)c1cccc([N+](=O)[O-])c1. The molecule has 4 aromatic carbocycles. The monoisotopic (exact) mass is 1080 g/mol. The summed E-state index contributed by atoms with van der Waals surface area (Å²) in [5, 5.41) is 30.7. The first-order valence-corrected chi connectivity index (χ1v) is 28.2.